The summed E-state index contributed by atoms with van der Waals surface area (Å²) in [6.07, 6.45) is 6.79. The smallest absolute Gasteiger partial charge is 0.0595 e. The zero-order valence-electron chi connectivity index (χ0n) is 9.05. The quantitative estimate of drug-likeness (QED) is 0.593. The highest BCUT2D eigenvalue weighted by Crippen LogP contribution is 2.22. The average molecular weight is 256 g/mol. The van der Waals surface area contributed by atoms with Gasteiger partial charge < -0.3 is 5.32 Å². The number of allylic oxidation sites excluding steroid dienone is 2. The minimum Gasteiger partial charge on any atom is -0.312 e. The Kier molecular flexibility index (Phi) is 6.24. The zero-order valence-corrected chi connectivity index (χ0v) is 10.6. The Morgan fingerprint density at radius 1 is 1.25 bits per heavy atom. The predicted octanol–water partition coefficient (Wildman–Crippen LogP) is 4.22. The first-order valence-electron chi connectivity index (χ1n) is 5.16. The molecule has 0 saturated heterocycles. The van der Waals surface area contributed by atoms with Crippen LogP contribution in [-0.2, 0) is 6.54 Å². The second-order valence-electron chi connectivity index (χ2n) is 3.38. The van der Waals surface area contributed by atoms with Gasteiger partial charge in [0.1, 0.15) is 0 Å². The fourth-order valence-corrected chi connectivity index (χ4v) is 1.58. The van der Waals surface area contributed by atoms with Crippen LogP contribution in [0.3, 0.4) is 0 Å². The van der Waals surface area contributed by atoms with Crippen molar-refractivity contribution in [2.24, 2.45) is 0 Å². The van der Waals surface area contributed by atoms with Crippen molar-refractivity contribution in [1.29, 1.82) is 0 Å². The van der Waals surface area contributed by atoms with E-state index < -0.39 is 0 Å². The Morgan fingerprint density at radius 3 is 2.75 bits per heavy atom. The van der Waals surface area contributed by atoms with Crippen LogP contribution >= 0.6 is 23.2 Å². The first kappa shape index (κ1) is 13.3. The minimum absolute atomic E-state index is 0.597. The molecule has 1 N–H and O–H groups in total. The van der Waals surface area contributed by atoms with Crippen molar-refractivity contribution >= 4 is 23.2 Å². The molecule has 0 bridgehead atoms. The summed E-state index contributed by atoms with van der Waals surface area (Å²) in [7, 11) is 0. The SMILES string of the molecule is C=CC=CCCNCc1ccc(Cl)c(Cl)c1. The van der Waals surface area contributed by atoms with Gasteiger partial charge in [0.2, 0.25) is 0 Å². The summed E-state index contributed by atoms with van der Waals surface area (Å²) in [5.41, 5.74) is 1.14. The van der Waals surface area contributed by atoms with Crippen LogP contribution in [0.4, 0.5) is 0 Å². The van der Waals surface area contributed by atoms with Crippen LogP contribution in [0, 0.1) is 0 Å². The third-order valence-electron chi connectivity index (χ3n) is 2.07. The summed E-state index contributed by atoms with van der Waals surface area (Å²) < 4.78 is 0. The molecule has 3 heteroatoms. The molecule has 86 valence electrons. The molecule has 1 nitrogen and oxygen atoms in total. The molecule has 0 heterocycles. The summed E-state index contributed by atoms with van der Waals surface area (Å²) in [4.78, 5) is 0. The monoisotopic (exact) mass is 255 g/mol. The van der Waals surface area contributed by atoms with Crippen LogP contribution < -0.4 is 5.32 Å². The molecule has 1 aromatic carbocycles. The lowest BCUT2D eigenvalue weighted by Crippen LogP contribution is -2.13. The fraction of sp³-hybridized carbons (Fsp3) is 0.231. The Morgan fingerprint density at radius 2 is 2.06 bits per heavy atom. The molecule has 0 atom stereocenters. The summed E-state index contributed by atoms with van der Waals surface area (Å²) in [6.45, 7) is 5.35. The molecular formula is C13H15Cl2N. The van der Waals surface area contributed by atoms with Gasteiger partial charge in [-0.05, 0) is 30.7 Å². The third-order valence-corrected chi connectivity index (χ3v) is 2.81. The van der Waals surface area contributed by atoms with E-state index in [0.717, 1.165) is 25.1 Å². The molecule has 0 aliphatic rings. The van der Waals surface area contributed by atoms with Gasteiger partial charge in [-0.2, -0.15) is 0 Å². The van der Waals surface area contributed by atoms with Gasteiger partial charge in [-0.15, -0.1) is 0 Å². The molecular weight excluding hydrogens is 241 g/mol. The van der Waals surface area contributed by atoms with Crippen molar-refractivity contribution in [2.75, 3.05) is 6.54 Å². The summed E-state index contributed by atoms with van der Waals surface area (Å²) in [6, 6.07) is 5.68. The third kappa shape index (κ3) is 4.84. The first-order valence-corrected chi connectivity index (χ1v) is 5.92. The molecule has 16 heavy (non-hydrogen) atoms. The van der Waals surface area contributed by atoms with E-state index in [1.54, 1.807) is 6.08 Å². The van der Waals surface area contributed by atoms with Crippen molar-refractivity contribution in [3.63, 3.8) is 0 Å². The van der Waals surface area contributed by atoms with Gasteiger partial charge in [0.25, 0.3) is 0 Å². The lowest BCUT2D eigenvalue weighted by molar-refractivity contribution is 0.695. The van der Waals surface area contributed by atoms with E-state index in [1.807, 2.05) is 24.3 Å². The van der Waals surface area contributed by atoms with E-state index in [-0.39, 0.29) is 0 Å². The van der Waals surface area contributed by atoms with Gasteiger partial charge in [0.05, 0.1) is 10.0 Å². The number of halogens is 2. The summed E-state index contributed by atoms with van der Waals surface area (Å²) in [5.74, 6) is 0. The number of benzene rings is 1. The van der Waals surface area contributed by atoms with E-state index in [4.69, 9.17) is 23.2 Å². The Bertz CT molecular complexity index is 372. The van der Waals surface area contributed by atoms with Gasteiger partial charge in [0.15, 0.2) is 0 Å². The number of hydrogen-bond acceptors (Lipinski definition) is 1. The maximum absolute atomic E-state index is 5.91. The Hall–Kier alpha value is -0.760. The fourth-order valence-electron chi connectivity index (χ4n) is 1.26. The van der Waals surface area contributed by atoms with Crippen LogP contribution in [0.15, 0.2) is 43.0 Å². The normalized spacial score (nSPS) is 10.9. The van der Waals surface area contributed by atoms with Crippen LogP contribution in [0.2, 0.25) is 10.0 Å². The molecule has 1 aromatic rings. The van der Waals surface area contributed by atoms with Crippen molar-refractivity contribution in [2.45, 2.75) is 13.0 Å². The molecule has 0 amide bonds. The van der Waals surface area contributed by atoms with Crippen molar-refractivity contribution in [3.8, 4) is 0 Å². The van der Waals surface area contributed by atoms with E-state index >= 15 is 0 Å². The van der Waals surface area contributed by atoms with E-state index in [1.165, 1.54) is 0 Å². The molecule has 0 fully saturated rings. The van der Waals surface area contributed by atoms with Crippen LogP contribution in [0.5, 0.6) is 0 Å². The molecule has 0 aromatic heterocycles. The van der Waals surface area contributed by atoms with Crippen molar-refractivity contribution < 1.29 is 0 Å². The van der Waals surface area contributed by atoms with E-state index in [9.17, 15) is 0 Å². The average Bonchev–Trinajstić information content (AvgIpc) is 2.28. The first-order chi connectivity index (χ1) is 7.74. The van der Waals surface area contributed by atoms with Crippen LogP contribution in [0.1, 0.15) is 12.0 Å². The Labute approximate surface area is 107 Å². The van der Waals surface area contributed by atoms with Crippen LogP contribution in [-0.4, -0.2) is 6.54 Å². The molecule has 1 rings (SSSR count). The standard InChI is InChI=1S/C13H15Cl2N/c1-2-3-4-5-8-16-10-11-6-7-12(14)13(15)9-11/h2-4,6-7,9,16H,1,5,8,10H2. The largest absolute Gasteiger partial charge is 0.312 e. The van der Waals surface area contributed by atoms with Crippen LogP contribution in [0.25, 0.3) is 0 Å². The Balaban J connectivity index is 2.29. The van der Waals surface area contributed by atoms with Gasteiger partial charge in [-0.1, -0.05) is 54.1 Å². The lowest BCUT2D eigenvalue weighted by atomic mass is 10.2. The summed E-state index contributed by atoms with van der Waals surface area (Å²) in [5, 5.41) is 4.52. The second kappa shape index (κ2) is 7.50. The van der Waals surface area contributed by atoms with Crippen molar-refractivity contribution in [1.82, 2.24) is 5.32 Å². The van der Waals surface area contributed by atoms with E-state index in [2.05, 4.69) is 18.0 Å². The highest BCUT2D eigenvalue weighted by atomic mass is 35.5. The maximum Gasteiger partial charge on any atom is 0.0595 e. The lowest BCUT2D eigenvalue weighted by Gasteiger charge is -2.04. The summed E-state index contributed by atoms with van der Waals surface area (Å²) >= 11 is 11.7. The maximum atomic E-state index is 5.91. The van der Waals surface area contributed by atoms with Gasteiger partial charge in [-0.25, -0.2) is 0 Å². The van der Waals surface area contributed by atoms with E-state index in [0.29, 0.717) is 10.0 Å². The minimum atomic E-state index is 0.597. The predicted molar refractivity (Wildman–Crippen MR) is 72.1 cm³/mol. The topological polar surface area (TPSA) is 12.0 Å². The van der Waals surface area contributed by atoms with Gasteiger partial charge in [-0.3, -0.25) is 0 Å². The van der Waals surface area contributed by atoms with Gasteiger partial charge >= 0.3 is 0 Å². The highest BCUT2D eigenvalue weighted by molar-refractivity contribution is 6.42. The zero-order chi connectivity index (χ0) is 11.8. The van der Waals surface area contributed by atoms with Crippen molar-refractivity contribution in [3.05, 3.63) is 58.6 Å². The molecule has 0 unspecified atom stereocenters. The number of rotatable bonds is 6. The number of hydrogen-bond donors (Lipinski definition) is 1. The number of nitrogens with one attached hydrogen (secondary N) is 1. The molecule has 0 saturated carbocycles. The molecule has 0 aliphatic heterocycles. The molecule has 0 radical (unpaired) electrons. The highest BCUT2D eigenvalue weighted by Gasteiger charge is 1.98. The molecule has 0 aliphatic carbocycles. The van der Waals surface area contributed by atoms with Gasteiger partial charge in [0, 0.05) is 6.54 Å². The second-order valence-corrected chi connectivity index (χ2v) is 4.19. The molecule has 0 spiro atoms.